The largest absolute Gasteiger partial charge is 0.360 e. The number of carbonyl (C=O) groups is 1. The van der Waals surface area contributed by atoms with Crippen molar-refractivity contribution < 1.29 is 24.5 Å². The lowest BCUT2D eigenvalue weighted by Crippen LogP contribution is -2.69. The van der Waals surface area contributed by atoms with Crippen LogP contribution in [0.15, 0.2) is 23.8 Å². The molecule has 5 atom stereocenters. The van der Waals surface area contributed by atoms with E-state index in [1.807, 2.05) is 6.92 Å². The number of fused-ring (bicyclic) bond motifs is 2. The van der Waals surface area contributed by atoms with Crippen LogP contribution in [0.5, 0.6) is 0 Å². The van der Waals surface area contributed by atoms with Crippen molar-refractivity contribution in [3.8, 4) is 0 Å². The van der Waals surface area contributed by atoms with Crippen LogP contribution in [0.1, 0.15) is 20.3 Å². The third-order valence-electron chi connectivity index (χ3n) is 5.17. The summed E-state index contributed by atoms with van der Waals surface area (Å²) < 4.78 is 11.3. The third-order valence-corrected chi connectivity index (χ3v) is 5.17. The predicted molar refractivity (Wildman–Crippen MR) is 63.8 cm³/mol. The lowest BCUT2D eigenvalue weighted by molar-refractivity contribution is -0.432. The van der Waals surface area contributed by atoms with Gasteiger partial charge in [0, 0.05) is 11.5 Å². The van der Waals surface area contributed by atoms with Crippen LogP contribution in [-0.4, -0.2) is 39.8 Å². The molecule has 2 bridgehead atoms. The monoisotopic (exact) mass is 264 g/mol. The highest BCUT2D eigenvalue weighted by molar-refractivity contribution is 6.02. The fraction of sp³-hybridized carbons (Fsp3) is 0.643. The van der Waals surface area contributed by atoms with E-state index in [2.05, 4.69) is 0 Å². The topological polar surface area (TPSA) is 76.0 Å². The molecule has 0 amide bonds. The number of allylic oxidation sites excluding steroid dienone is 2. The molecule has 2 aliphatic heterocycles. The van der Waals surface area contributed by atoms with Crippen LogP contribution < -0.4 is 0 Å². The fourth-order valence-corrected chi connectivity index (χ4v) is 4.15. The molecule has 2 saturated heterocycles. The van der Waals surface area contributed by atoms with Crippen molar-refractivity contribution in [3.63, 3.8) is 0 Å². The standard InChI is InChI=1S/C14H16O5/c1-3-4-8-5-10(15)12-6-9(12)11(2)7-18-13(8,16)14(12,17)19-11/h3-5,9,16-17H,6-7H2,1-2H3. The van der Waals surface area contributed by atoms with E-state index in [0.29, 0.717) is 6.42 Å². The van der Waals surface area contributed by atoms with E-state index in [1.165, 1.54) is 6.08 Å². The lowest BCUT2D eigenvalue weighted by Gasteiger charge is -2.52. The molecule has 4 rings (SSSR count). The SMILES string of the molecule is CC=CC1=CC(=O)C23CC2C2(C)COC1(O)C3(O)O2. The number of aliphatic hydroxyl groups is 2. The molecule has 2 aliphatic carbocycles. The second kappa shape index (κ2) is 2.86. The minimum atomic E-state index is -1.97. The molecular formula is C14H16O5. The van der Waals surface area contributed by atoms with Crippen molar-refractivity contribution in [2.45, 2.75) is 37.4 Å². The molecule has 102 valence electrons. The van der Waals surface area contributed by atoms with E-state index in [9.17, 15) is 15.0 Å². The van der Waals surface area contributed by atoms with Gasteiger partial charge in [-0.05, 0) is 26.3 Å². The summed E-state index contributed by atoms with van der Waals surface area (Å²) in [5.74, 6) is -4.20. The van der Waals surface area contributed by atoms with Crippen LogP contribution in [0.2, 0.25) is 0 Å². The number of carbonyl (C=O) groups excluding carboxylic acids is 1. The van der Waals surface area contributed by atoms with Gasteiger partial charge in [-0.1, -0.05) is 12.2 Å². The Bertz CT molecular complexity index is 566. The van der Waals surface area contributed by atoms with E-state index in [0.717, 1.165) is 0 Å². The zero-order valence-corrected chi connectivity index (χ0v) is 10.8. The van der Waals surface area contributed by atoms with Crippen molar-refractivity contribution in [1.82, 2.24) is 0 Å². The number of ketones is 1. The number of hydrogen-bond acceptors (Lipinski definition) is 5. The number of rotatable bonds is 1. The van der Waals surface area contributed by atoms with E-state index < -0.39 is 22.6 Å². The maximum absolute atomic E-state index is 12.4. The molecule has 0 radical (unpaired) electrons. The van der Waals surface area contributed by atoms with Crippen LogP contribution in [0.4, 0.5) is 0 Å². The smallest absolute Gasteiger partial charge is 0.249 e. The summed E-state index contributed by atoms with van der Waals surface area (Å²) in [4.78, 5) is 12.4. The average Bonchev–Trinajstić information content (AvgIpc) is 3.07. The fourth-order valence-electron chi connectivity index (χ4n) is 4.15. The summed E-state index contributed by atoms with van der Waals surface area (Å²) in [6.45, 7) is 3.76. The van der Waals surface area contributed by atoms with E-state index in [4.69, 9.17) is 9.47 Å². The van der Waals surface area contributed by atoms with Gasteiger partial charge in [0.25, 0.3) is 0 Å². The Hall–Kier alpha value is -1.01. The summed E-state index contributed by atoms with van der Waals surface area (Å²) in [6, 6.07) is 0. The quantitative estimate of drug-likeness (QED) is 0.711. The van der Waals surface area contributed by atoms with Crippen LogP contribution in [0, 0.1) is 11.3 Å². The molecule has 1 spiro atoms. The molecule has 4 aliphatic rings. The van der Waals surface area contributed by atoms with Gasteiger partial charge in [0.1, 0.15) is 0 Å². The first-order valence-corrected chi connectivity index (χ1v) is 6.52. The van der Waals surface area contributed by atoms with Gasteiger partial charge in [-0.3, -0.25) is 4.79 Å². The molecule has 0 aromatic heterocycles. The summed E-state index contributed by atoms with van der Waals surface area (Å²) in [6.07, 6.45) is 5.19. The van der Waals surface area contributed by atoms with Crippen LogP contribution >= 0.6 is 0 Å². The first-order chi connectivity index (χ1) is 8.84. The normalized spacial score (nSPS) is 58.2. The molecule has 0 aromatic rings. The van der Waals surface area contributed by atoms with Gasteiger partial charge in [-0.15, -0.1) is 0 Å². The summed E-state index contributed by atoms with van der Waals surface area (Å²) in [5.41, 5.74) is -1.48. The Morgan fingerprint density at radius 1 is 1.47 bits per heavy atom. The highest BCUT2D eigenvalue weighted by Crippen LogP contribution is 2.77. The second-order valence-electron chi connectivity index (χ2n) is 6.18. The summed E-state index contributed by atoms with van der Waals surface area (Å²) >= 11 is 0. The molecule has 5 heteroatoms. The van der Waals surface area contributed by atoms with E-state index in [1.54, 1.807) is 19.1 Å². The molecule has 0 aromatic carbocycles. The molecule has 5 nitrogen and oxygen atoms in total. The van der Waals surface area contributed by atoms with E-state index >= 15 is 0 Å². The lowest BCUT2D eigenvalue weighted by atomic mass is 9.74. The van der Waals surface area contributed by atoms with Crippen molar-refractivity contribution >= 4 is 5.78 Å². The third kappa shape index (κ3) is 0.932. The van der Waals surface area contributed by atoms with Gasteiger partial charge in [0.05, 0.1) is 17.6 Å². The Morgan fingerprint density at radius 2 is 2.21 bits per heavy atom. The maximum Gasteiger partial charge on any atom is 0.249 e. The van der Waals surface area contributed by atoms with Gasteiger partial charge < -0.3 is 19.7 Å². The van der Waals surface area contributed by atoms with Gasteiger partial charge in [0.15, 0.2) is 5.78 Å². The molecule has 1 saturated carbocycles. The zero-order valence-electron chi connectivity index (χ0n) is 10.8. The van der Waals surface area contributed by atoms with Crippen molar-refractivity contribution in [3.05, 3.63) is 23.8 Å². The van der Waals surface area contributed by atoms with E-state index in [-0.39, 0.29) is 23.9 Å². The molecule has 5 unspecified atom stereocenters. The van der Waals surface area contributed by atoms with Crippen molar-refractivity contribution in [2.24, 2.45) is 11.3 Å². The van der Waals surface area contributed by atoms with Gasteiger partial charge in [0.2, 0.25) is 11.6 Å². The second-order valence-corrected chi connectivity index (χ2v) is 6.18. The highest BCUT2D eigenvalue weighted by Gasteiger charge is 2.91. The maximum atomic E-state index is 12.4. The average molecular weight is 264 g/mol. The Morgan fingerprint density at radius 3 is 2.89 bits per heavy atom. The number of hydrogen-bond donors (Lipinski definition) is 2. The van der Waals surface area contributed by atoms with Crippen LogP contribution in [0.25, 0.3) is 0 Å². The van der Waals surface area contributed by atoms with Crippen molar-refractivity contribution in [2.75, 3.05) is 6.61 Å². The molecule has 2 N–H and O–H groups in total. The molecule has 3 fully saturated rings. The van der Waals surface area contributed by atoms with Crippen LogP contribution in [0.3, 0.4) is 0 Å². The molecule has 19 heavy (non-hydrogen) atoms. The molecule has 2 heterocycles. The molecular weight excluding hydrogens is 248 g/mol. The minimum absolute atomic E-state index is 0.0880. The highest BCUT2D eigenvalue weighted by atomic mass is 16.8. The first-order valence-electron chi connectivity index (χ1n) is 6.52. The number of ether oxygens (including phenoxy) is 2. The first kappa shape index (κ1) is 11.8. The van der Waals surface area contributed by atoms with Crippen LogP contribution in [-0.2, 0) is 14.3 Å². The summed E-state index contributed by atoms with van der Waals surface area (Å²) in [5, 5.41) is 21.7. The predicted octanol–water partition coefficient (Wildman–Crippen LogP) is 0.274. The van der Waals surface area contributed by atoms with Gasteiger partial charge >= 0.3 is 0 Å². The minimum Gasteiger partial charge on any atom is -0.360 e. The Kier molecular flexibility index (Phi) is 1.77. The Balaban J connectivity index is 1.98. The summed E-state index contributed by atoms with van der Waals surface area (Å²) in [7, 11) is 0. The zero-order chi connectivity index (χ0) is 13.7. The van der Waals surface area contributed by atoms with Crippen molar-refractivity contribution in [1.29, 1.82) is 0 Å². The van der Waals surface area contributed by atoms with Gasteiger partial charge in [-0.25, -0.2) is 0 Å². The van der Waals surface area contributed by atoms with Gasteiger partial charge in [-0.2, -0.15) is 0 Å². The Labute approximate surface area is 110 Å².